The fraction of sp³-hybridized carbons (Fsp3) is 0.300. The van der Waals surface area contributed by atoms with Crippen molar-refractivity contribution < 1.29 is 18.7 Å². The van der Waals surface area contributed by atoms with Crippen molar-refractivity contribution in [1.82, 2.24) is 9.38 Å². The fourth-order valence-electron chi connectivity index (χ4n) is 3.33. The second-order valence-electron chi connectivity index (χ2n) is 6.54. The minimum absolute atomic E-state index is 0.352. The Balaban J connectivity index is 1.65. The van der Waals surface area contributed by atoms with Gasteiger partial charge in [0.05, 0.1) is 18.4 Å². The van der Waals surface area contributed by atoms with E-state index in [9.17, 15) is 9.18 Å². The number of halogens is 1. The maximum absolute atomic E-state index is 13.4. The lowest BCUT2D eigenvalue weighted by Gasteiger charge is -2.19. The van der Waals surface area contributed by atoms with Crippen LogP contribution in [0.2, 0.25) is 0 Å². The van der Waals surface area contributed by atoms with Crippen LogP contribution in [-0.4, -0.2) is 35.6 Å². The molecule has 1 saturated heterocycles. The summed E-state index contributed by atoms with van der Waals surface area (Å²) in [6.07, 6.45) is 5.52. The number of pyridine rings is 1. The first-order valence-electron chi connectivity index (χ1n) is 8.85. The van der Waals surface area contributed by atoms with E-state index in [2.05, 4.69) is 10.3 Å². The number of fused-ring (bicyclic) bond motifs is 1. The van der Waals surface area contributed by atoms with Crippen LogP contribution in [0.4, 0.5) is 10.1 Å². The molecule has 1 aliphatic heterocycles. The largest absolute Gasteiger partial charge is 0.496 e. The van der Waals surface area contributed by atoms with Gasteiger partial charge >= 0.3 is 0 Å². The van der Waals surface area contributed by atoms with Crippen molar-refractivity contribution in [2.24, 2.45) is 0 Å². The topological polar surface area (TPSA) is 64.9 Å². The molecule has 1 aliphatic rings. The number of methoxy groups -OCH3 is 1. The van der Waals surface area contributed by atoms with Crippen LogP contribution in [0.15, 0.2) is 42.7 Å². The predicted octanol–water partition coefficient (Wildman–Crippen LogP) is 3.63. The van der Waals surface area contributed by atoms with Gasteiger partial charge in [0.1, 0.15) is 17.2 Å². The van der Waals surface area contributed by atoms with Crippen molar-refractivity contribution in [2.45, 2.75) is 18.8 Å². The van der Waals surface area contributed by atoms with Gasteiger partial charge in [0.15, 0.2) is 0 Å². The Hall–Kier alpha value is -2.93. The van der Waals surface area contributed by atoms with Crippen LogP contribution in [0, 0.1) is 5.82 Å². The number of nitrogens with zero attached hydrogens (tertiary/aromatic N) is 2. The average Bonchev–Trinajstić information content (AvgIpc) is 3.10. The monoisotopic (exact) mass is 369 g/mol. The zero-order valence-electron chi connectivity index (χ0n) is 14.9. The van der Waals surface area contributed by atoms with Gasteiger partial charge in [-0.2, -0.15) is 0 Å². The maximum Gasteiger partial charge on any atom is 0.260 e. The Bertz CT molecular complexity index is 980. The molecule has 0 aliphatic carbocycles. The van der Waals surface area contributed by atoms with E-state index in [-0.39, 0.29) is 5.91 Å². The molecule has 27 heavy (non-hydrogen) atoms. The number of amides is 1. The van der Waals surface area contributed by atoms with Gasteiger partial charge in [0, 0.05) is 43.3 Å². The number of anilines is 1. The van der Waals surface area contributed by atoms with Gasteiger partial charge in [0.25, 0.3) is 5.91 Å². The summed E-state index contributed by atoms with van der Waals surface area (Å²) in [5.41, 5.74) is 2.44. The molecule has 6 nitrogen and oxygen atoms in total. The predicted molar refractivity (Wildman–Crippen MR) is 98.9 cm³/mol. The number of hydrogen-bond acceptors (Lipinski definition) is 4. The molecule has 0 unspecified atom stereocenters. The van der Waals surface area contributed by atoms with Gasteiger partial charge in [-0.15, -0.1) is 0 Å². The standard InChI is InChI=1S/C20H20FN3O3/c1-26-18-10-19-23-17(13-5-7-27-8-6-13)12-24(19)11-16(18)20(25)22-15-4-2-3-14(21)9-15/h2-4,9-13H,5-8H2,1H3,(H,22,25). The number of nitrogens with one attached hydrogen (secondary N) is 1. The van der Waals surface area contributed by atoms with Gasteiger partial charge in [0.2, 0.25) is 0 Å². The van der Waals surface area contributed by atoms with Gasteiger partial charge in [-0.25, -0.2) is 9.37 Å². The lowest BCUT2D eigenvalue weighted by atomic mass is 9.97. The molecule has 1 N–H and O–H groups in total. The van der Waals surface area contributed by atoms with Crippen LogP contribution in [0.5, 0.6) is 5.75 Å². The summed E-state index contributed by atoms with van der Waals surface area (Å²) in [5.74, 6) is -0.0126. The lowest BCUT2D eigenvalue weighted by molar-refractivity contribution is 0.0846. The minimum Gasteiger partial charge on any atom is -0.496 e. The first-order chi connectivity index (χ1) is 13.1. The molecule has 0 bridgehead atoms. The lowest BCUT2D eigenvalue weighted by Crippen LogP contribution is -2.14. The van der Waals surface area contributed by atoms with E-state index in [0.717, 1.165) is 37.4 Å². The van der Waals surface area contributed by atoms with Crippen molar-refractivity contribution in [3.63, 3.8) is 0 Å². The van der Waals surface area contributed by atoms with E-state index < -0.39 is 5.82 Å². The smallest absolute Gasteiger partial charge is 0.260 e. The zero-order valence-corrected chi connectivity index (χ0v) is 14.9. The second-order valence-corrected chi connectivity index (χ2v) is 6.54. The minimum atomic E-state index is -0.411. The Morgan fingerprint density at radius 1 is 1.30 bits per heavy atom. The summed E-state index contributed by atoms with van der Waals surface area (Å²) in [6, 6.07) is 7.51. The van der Waals surface area contributed by atoms with Gasteiger partial charge < -0.3 is 19.2 Å². The van der Waals surface area contributed by atoms with Crippen molar-refractivity contribution in [3.05, 3.63) is 59.8 Å². The van der Waals surface area contributed by atoms with Crippen LogP contribution >= 0.6 is 0 Å². The third-order valence-corrected chi connectivity index (χ3v) is 4.76. The van der Waals surface area contributed by atoms with Crippen LogP contribution in [0.1, 0.15) is 34.8 Å². The highest BCUT2D eigenvalue weighted by Crippen LogP contribution is 2.28. The number of ether oxygens (including phenoxy) is 2. The van der Waals surface area contributed by atoms with E-state index in [1.54, 1.807) is 24.4 Å². The van der Waals surface area contributed by atoms with E-state index in [4.69, 9.17) is 9.47 Å². The van der Waals surface area contributed by atoms with E-state index in [0.29, 0.717) is 22.9 Å². The van der Waals surface area contributed by atoms with Crippen LogP contribution in [0.3, 0.4) is 0 Å². The van der Waals surface area contributed by atoms with Gasteiger partial charge in [-0.05, 0) is 31.0 Å². The zero-order chi connectivity index (χ0) is 18.8. The van der Waals surface area contributed by atoms with Crippen molar-refractivity contribution in [2.75, 3.05) is 25.6 Å². The number of benzene rings is 1. The number of rotatable bonds is 4. The molecule has 1 amide bonds. The number of imidazole rings is 1. The molecule has 3 aromatic rings. The molecule has 0 spiro atoms. The first-order valence-corrected chi connectivity index (χ1v) is 8.85. The van der Waals surface area contributed by atoms with Crippen molar-refractivity contribution >= 4 is 17.2 Å². The molecule has 2 aromatic heterocycles. The second kappa shape index (κ2) is 7.36. The maximum atomic E-state index is 13.4. The molecule has 0 radical (unpaired) electrons. The molecule has 1 aromatic carbocycles. The summed E-state index contributed by atoms with van der Waals surface area (Å²) >= 11 is 0. The summed E-state index contributed by atoms with van der Waals surface area (Å²) in [5, 5.41) is 2.70. The van der Waals surface area contributed by atoms with Gasteiger partial charge in [-0.1, -0.05) is 6.07 Å². The number of aromatic nitrogens is 2. The molecule has 4 rings (SSSR count). The molecule has 7 heteroatoms. The number of carbonyl (C=O) groups excluding carboxylic acids is 1. The quantitative estimate of drug-likeness (QED) is 0.763. The Morgan fingerprint density at radius 3 is 2.85 bits per heavy atom. The summed E-state index contributed by atoms with van der Waals surface area (Å²) in [4.78, 5) is 17.4. The summed E-state index contributed by atoms with van der Waals surface area (Å²) in [7, 11) is 1.51. The Labute approximate surface area is 155 Å². The molecular weight excluding hydrogens is 349 g/mol. The normalized spacial score (nSPS) is 15.0. The molecule has 140 valence electrons. The fourth-order valence-corrected chi connectivity index (χ4v) is 3.33. The number of carbonyl (C=O) groups is 1. The highest BCUT2D eigenvalue weighted by Gasteiger charge is 2.21. The summed E-state index contributed by atoms with van der Waals surface area (Å²) in [6.45, 7) is 1.48. The van der Waals surface area contributed by atoms with E-state index in [1.807, 2.05) is 10.6 Å². The third kappa shape index (κ3) is 3.64. The van der Waals surface area contributed by atoms with Crippen molar-refractivity contribution in [1.29, 1.82) is 0 Å². The molecule has 3 heterocycles. The third-order valence-electron chi connectivity index (χ3n) is 4.76. The van der Waals surface area contributed by atoms with Crippen LogP contribution in [-0.2, 0) is 4.74 Å². The van der Waals surface area contributed by atoms with E-state index in [1.165, 1.54) is 19.2 Å². The highest BCUT2D eigenvalue weighted by molar-refractivity contribution is 6.06. The Kier molecular flexibility index (Phi) is 4.77. The van der Waals surface area contributed by atoms with Crippen molar-refractivity contribution in [3.8, 4) is 5.75 Å². The van der Waals surface area contributed by atoms with Crippen LogP contribution < -0.4 is 10.1 Å². The SMILES string of the molecule is COc1cc2nc(C3CCOCC3)cn2cc1C(=O)Nc1cccc(F)c1. The van der Waals surface area contributed by atoms with E-state index >= 15 is 0 Å². The van der Waals surface area contributed by atoms with Gasteiger partial charge in [-0.3, -0.25) is 4.79 Å². The highest BCUT2D eigenvalue weighted by atomic mass is 19.1. The first kappa shape index (κ1) is 17.5. The number of hydrogen-bond donors (Lipinski definition) is 1. The molecular formula is C20H20FN3O3. The Morgan fingerprint density at radius 2 is 2.11 bits per heavy atom. The average molecular weight is 369 g/mol. The summed E-state index contributed by atoms with van der Waals surface area (Å²) < 4.78 is 26.0. The van der Waals surface area contributed by atoms with Crippen LogP contribution in [0.25, 0.3) is 5.65 Å². The molecule has 0 atom stereocenters. The molecule has 1 fully saturated rings. The molecule has 0 saturated carbocycles.